The molecule has 0 bridgehead atoms. The molecule has 1 aromatic rings. The second-order valence-electron chi connectivity index (χ2n) is 4.13. The van der Waals surface area contributed by atoms with Gasteiger partial charge in [-0.3, -0.25) is 0 Å². The van der Waals surface area contributed by atoms with Gasteiger partial charge in [0, 0.05) is 31.9 Å². The molecule has 1 atom stereocenters. The van der Waals surface area contributed by atoms with E-state index in [0.29, 0.717) is 19.6 Å². The highest BCUT2D eigenvalue weighted by Crippen LogP contribution is 2.20. The normalized spacial score (nSPS) is 21.4. The fraction of sp³-hybridized carbons (Fsp3) is 0.455. The van der Waals surface area contributed by atoms with Crippen LogP contribution in [0.1, 0.15) is 12.6 Å². The SMILES string of the molecule is C[C@@H]1CNCCN1S(=O)(=O)c1cccnc1C#N. The number of pyridine rings is 1. The van der Waals surface area contributed by atoms with E-state index in [2.05, 4.69) is 10.3 Å². The third-order valence-corrected chi connectivity index (χ3v) is 4.95. The van der Waals surface area contributed by atoms with E-state index in [1.807, 2.05) is 13.0 Å². The average Bonchev–Trinajstić information content (AvgIpc) is 2.39. The van der Waals surface area contributed by atoms with Crippen molar-refractivity contribution in [3.8, 4) is 6.07 Å². The molecule has 2 heterocycles. The molecule has 1 aliphatic rings. The summed E-state index contributed by atoms with van der Waals surface area (Å²) >= 11 is 0. The fourth-order valence-electron chi connectivity index (χ4n) is 1.99. The van der Waals surface area contributed by atoms with Crippen molar-refractivity contribution in [2.45, 2.75) is 17.9 Å². The molecule has 18 heavy (non-hydrogen) atoms. The number of hydrogen-bond acceptors (Lipinski definition) is 5. The van der Waals surface area contributed by atoms with Crippen LogP contribution in [-0.2, 0) is 10.0 Å². The first-order valence-corrected chi connectivity index (χ1v) is 7.09. The van der Waals surface area contributed by atoms with Gasteiger partial charge in [0.15, 0.2) is 5.69 Å². The Balaban J connectivity index is 2.45. The van der Waals surface area contributed by atoms with E-state index in [4.69, 9.17) is 5.26 Å². The Hall–Kier alpha value is -1.49. The molecule has 0 aromatic carbocycles. The molecule has 0 radical (unpaired) electrons. The smallest absolute Gasteiger partial charge is 0.246 e. The van der Waals surface area contributed by atoms with Crippen LogP contribution in [0.2, 0.25) is 0 Å². The van der Waals surface area contributed by atoms with Crippen molar-refractivity contribution >= 4 is 10.0 Å². The van der Waals surface area contributed by atoms with E-state index < -0.39 is 10.0 Å². The molecule has 0 aliphatic carbocycles. The molecule has 96 valence electrons. The summed E-state index contributed by atoms with van der Waals surface area (Å²) in [7, 11) is -3.65. The minimum Gasteiger partial charge on any atom is -0.314 e. The predicted octanol–water partition coefficient (Wildman–Crippen LogP) is -0.0643. The zero-order chi connectivity index (χ0) is 13.2. The highest BCUT2D eigenvalue weighted by Gasteiger charge is 2.32. The lowest BCUT2D eigenvalue weighted by molar-refractivity contribution is 0.283. The van der Waals surface area contributed by atoms with Crippen LogP contribution in [0.4, 0.5) is 0 Å². The number of piperazine rings is 1. The minimum absolute atomic E-state index is 0.0127. The number of aromatic nitrogens is 1. The molecule has 1 saturated heterocycles. The summed E-state index contributed by atoms with van der Waals surface area (Å²) in [4.78, 5) is 3.79. The maximum Gasteiger partial charge on any atom is 0.246 e. The van der Waals surface area contributed by atoms with Crippen LogP contribution in [-0.4, -0.2) is 43.4 Å². The number of sulfonamides is 1. The molecule has 1 aliphatic heterocycles. The summed E-state index contributed by atoms with van der Waals surface area (Å²) in [6.45, 7) is 3.47. The van der Waals surface area contributed by atoms with E-state index in [9.17, 15) is 8.42 Å². The molecule has 0 unspecified atom stereocenters. The molecule has 0 saturated carbocycles. The van der Waals surface area contributed by atoms with E-state index in [1.54, 1.807) is 0 Å². The first kappa shape index (κ1) is 13.0. The molecular weight excluding hydrogens is 252 g/mol. The van der Waals surface area contributed by atoms with Gasteiger partial charge >= 0.3 is 0 Å². The lowest BCUT2D eigenvalue weighted by Gasteiger charge is -2.32. The number of nitrogens with one attached hydrogen (secondary N) is 1. The Morgan fingerprint density at radius 2 is 2.39 bits per heavy atom. The van der Waals surface area contributed by atoms with Gasteiger partial charge in [-0.25, -0.2) is 13.4 Å². The Morgan fingerprint density at radius 3 is 3.06 bits per heavy atom. The van der Waals surface area contributed by atoms with Crippen molar-refractivity contribution in [2.24, 2.45) is 0 Å². The van der Waals surface area contributed by atoms with Gasteiger partial charge in [0.2, 0.25) is 10.0 Å². The van der Waals surface area contributed by atoms with Gasteiger partial charge in [-0.05, 0) is 19.1 Å². The number of hydrogen-bond donors (Lipinski definition) is 1. The highest BCUT2D eigenvalue weighted by atomic mass is 32.2. The van der Waals surface area contributed by atoms with Gasteiger partial charge in [0.05, 0.1) is 0 Å². The van der Waals surface area contributed by atoms with Gasteiger partial charge < -0.3 is 5.32 Å². The first-order valence-electron chi connectivity index (χ1n) is 5.65. The summed E-state index contributed by atoms with van der Waals surface area (Å²) in [6.07, 6.45) is 1.42. The fourth-order valence-corrected chi connectivity index (χ4v) is 3.71. The number of rotatable bonds is 2. The monoisotopic (exact) mass is 266 g/mol. The molecule has 7 heteroatoms. The average molecular weight is 266 g/mol. The quantitative estimate of drug-likeness (QED) is 0.810. The van der Waals surface area contributed by atoms with E-state index in [1.165, 1.54) is 22.6 Å². The van der Waals surface area contributed by atoms with Gasteiger partial charge in [0.1, 0.15) is 11.0 Å². The van der Waals surface area contributed by atoms with Crippen LogP contribution in [0.25, 0.3) is 0 Å². The Morgan fingerprint density at radius 1 is 1.61 bits per heavy atom. The van der Waals surface area contributed by atoms with Crippen molar-refractivity contribution in [1.29, 1.82) is 5.26 Å². The Kier molecular flexibility index (Phi) is 3.61. The zero-order valence-electron chi connectivity index (χ0n) is 10.00. The summed E-state index contributed by atoms with van der Waals surface area (Å²) in [5.74, 6) is 0. The lowest BCUT2D eigenvalue weighted by atomic mass is 10.3. The van der Waals surface area contributed by atoms with E-state index >= 15 is 0 Å². The Labute approximate surface area is 106 Å². The maximum atomic E-state index is 12.5. The molecular formula is C11H14N4O2S. The second kappa shape index (κ2) is 5.02. The van der Waals surface area contributed by atoms with Crippen molar-refractivity contribution in [3.63, 3.8) is 0 Å². The Bertz CT molecular complexity index is 579. The molecule has 2 rings (SSSR count). The van der Waals surface area contributed by atoms with E-state index in [0.717, 1.165) is 0 Å². The third-order valence-electron chi connectivity index (χ3n) is 2.90. The molecule has 1 fully saturated rings. The second-order valence-corrected chi connectivity index (χ2v) is 5.99. The summed E-state index contributed by atoms with van der Waals surface area (Å²) in [6, 6.07) is 4.65. The summed E-state index contributed by atoms with van der Waals surface area (Å²) in [5.41, 5.74) is -0.0526. The highest BCUT2D eigenvalue weighted by molar-refractivity contribution is 7.89. The largest absolute Gasteiger partial charge is 0.314 e. The van der Waals surface area contributed by atoms with Crippen molar-refractivity contribution in [1.82, 2.24) is 14.6 Å². The predicted molar refractivity (Wildman–Crippen MR) is 65.2 cm³/mol. The molecule has 0 amide bonds. The molecule has 1 aromatic heterocycles. The maximum absolute atomic E-state index is 12.5. The third kappa shape index (κ3) is 2.22. The van der Waals surface area contributed by atoms with Gasteiger partial charge in [0.25, 0.3) is 0 Å². The van der Waals surface area contributed by atoms with Gasteiger partial charge in [-0.15, -0.1) is 0 Å². The van der Waals surface area contributed by atoms with Crippen LogP contribution in [0.5, 0.6) is 0 Å². The van der Waals surface area contributed by atoms with Crippen LogP contribution in [0.3, 0.4) is 0 Å². The van der Waals surface area contributed by atoms with E-state index in [-0.39, 0.29) is 16.6 Å². The van der Waals surface area contributed by atoms with Crippen LogP contribution >= 0.6 is 0 Å². The molecule has 0 spiro atoms. The van der Waals surface area contributed by atoms with Crippen molar-refractivity contribution in [3.05, 3.63) is 24.0 Å². The molecule has 6 nitrogen and oxygen atoms in total. The number of nitriles is 1. The minimum atomic E-state index is -3.65. The lowest BCUT2D eigenvalue weighted by Crippen LogP contribution is -2.52. The number of nitrogens with zero attached hydrogens (tertiary/aromatic N) is 3. The van der Waals surface area contributed by atoms with Crippen molar-refractivity contribution < 1.29 is 8.42 Å². The van der Waals surface area contributed by atoms with Crippen LogP contribution < -0.4 is 5.32 Å². The standard InChI is InChI=1S/C11H14N4O2S/c1-9-8-13-5-6-15(9)18(16,17)11-3-2-4-14-10(11)7-12/h2-4,9,13H,5-6,8H2,1H3/t9-/m1/s1. The van der Waals surface area contributed by atoms with Crippen molar-refractivity contribution in [2.75, 3.05) is 19.6 Å². The molecule has 1 N–H and O–H groups in total. The summed E-state index contributed by atoms with van der Waals surface area (Å²) < 4.78 is 26.4. The topological polar surface area (TPSA) is 86.1 Å². The first-order chi connectivity index (χ1) is 8.57. The zero-order valence-corrected chi connectivity index (χ0v) is 10.8. The van der Waals surface area contributed by atoms with Gasteiger partial charge in [-0.2, -0.15) is 9.57 Å². The summed E-state index contributed by atoms with van der Waals surface area (Å²) in [5, 5.41) is 12.1. The van der Waals surface area contributed by atoms with Crippen LogP contribution in [0.15, 0.2) is 23.2 Å². The van der Waals surface area contributed by atoms with Crippen LogP contribution in [0, 0.1) is 11.3 Å². The van der Waals surface area contributed by atoms with Gasteiger partial charge in [-0.1, -0.05) is 0 Å².